The van der Waals surface area contributed by atoms with E-state index in [4.69, 9.17) is 22.6 Å². The van der Waals surface area contributed by atoms with Crippen LogP contribution in [0.2, 0.25) is 0 Å². The van der Waals surface area contributed by atoms with Gasteiger partial charge in [-0.15, -0.1) is 0 Å². The number of unbranched alkanes of at least 4 members (excludes halogenated alkanes) is 3. The summed E-state index contributed by atoms with van der Waals surface area (Å²) < 4.78 is 31.6. The summed E-state index contributed by atoms with van der Waals surface area (Å²) in [5, 5.41) is 8.47. The zero-order valence-corrected chi connectivity index (χ0v) is 10.9. The Balaban J connectivity index is -0.000000242. The number of hydrogen-bond acceptors (Lipinski definition) is 4. The zero-order valence-electron chi connectivity index (χ0n) is 10.1. The lowest BCUT2D eigenvalue weighted by molar-refractivity contribution is 0.282. The quantitative estimate of drug-likeness (QED) is 0.427. The van der Waals surface area contributed by atoms with Crippen molar-refractivity contribution in [3.8, 4) is 0 Å². The SMILES string of the molecule is CC(C)CCCCCCO.N.O=S(=O)(O)O. The second-order valence-corrected chi connectivity index (χ2v) is 4.66. The van der Waals surface area contributed by atoms with E-state index >= 15 is 0 Å². The number of aliphatic hydroxyl groups is 1. The Morgan fingerprint density at radius 1 is 1.00 bits per heavy atom. The number of hydrogen-bond donors (Lipinski definition) is 4. The van der Waals surface area contributed by atoms with Crippen LogP contribution in [-0.2, 0) is 10.4 Å². The standard InChI is InChI=1S/C9H20O.H3N.H2O4S/c1-9(2)7-5-3-4-6-8-10;;1-5(2,3)4/h9-10H,3-8H2,1-2H3;1H3;(H2,1,2,3,4). The first kappa shape index (κ1) is 21.1. The predicted octanol–water partition coefficient (Wildman–Crippen LogP) is 2.09. The molecule has 6 N–H and O–H groups in total. The molecule has 0 aromatic rings. The van der Waals surface area contributed by atoms with Crippen molar-refractivity contribution in [1.29, 1.82) is 0 Å². The minimum absolute atomic E-state index is 0. The van der Waals surface area contributed by atoms with Gasteiger partial charge in [0.15, 0.2) is 0 Å². The van der Waals surface area contributed by atoms with E-state index in [0.717, 1.165) is 12.3 Å². The smallest absolute Gasteiger partial charge is 0.394 e. The summed E-state index contributed by atoms with van der Waals surface area (Å²) >= 11 is 0. The van der Waals surface area contributed by atoms with Crippen LogP contribution in [0.15, 0.2) is 0 Å². The molecule has 0 aliphatic heterocycles. The summed E-state index contributed by atoms with van der Waals surface area (Å²) in [6.07, 6.45) is 6.14. The highest BCUT2D eigenvalue weighted by molar-refractivity contribution is 7.79. The zero-order chi connectivity index (χ0) is 12.3. The molecular weight excluding hydrogens is 234 g/mol. The van der Waals surface area contributed by atoms with Gasteiger partial charge >= 0.3 is 10.4 Å². The summed E-state index contributed by atoms with van der Waals surface area (Å²) in [6.45, 7) is 4.87. The molecule has 16 heavy (non-hydrogen) atoms. The van der Waals surface area contributed by atoms with E-state index in [1.165, 1.54) is 25.7 Å². The van der Waals surface area contributed by atoms with E-state index < -0.39 is 10.4 Å². The molecule has 0 spiro atoms. The molecule has 0 saturated heterocycles. The molecule has 7 heteroatoms. The fourth-order valence-corrected chi connectivity index (χ4v) is 1.02. The molecule has 0 aromatic heterocycles. The second-order valence-electron chi connectivity index (χ2n) is 3.77. The number of aliphatic hydroxyl groups excluding tert-OH is 1. The van der Waals surface area contributed by atoms with Gasteiger partial charge < -0.3 is 11.3 Å². The lowest BCUT2D eigenvalue weighted by Crippen LogP contribution is -1.89. The Bertz CT molecular complexity index is 208. The van der Waals surface area contributed by atoms with Crippen LogP contribution in [0, 0.1) is 5.92 Å². The third-order valence-electron chi connectivity index (χ3n) is 1.69. The maximum atomic E-state index is 8.74. The lowest BCUT2D eigenvalue weighted by atomic mass is 10.0. The van der Waals surface area contributed by atoms with Crippen molar-refractivity contribution in [1.82, 2.24) is 6.15 Å². The van der Waals surface area contributed by atoms with E-state index in [2.05, 4.69) is 13.8 Å². The van der Waals surface area contributed by atoms with Gasteiger partial charge in [-0.05, 0) is 12.3 Å². The summed E-state index contributed by atoms with van der Waals surface area (Å²) in [6, 6.07) is 0. The Morgan fingerprint density at radius 3 is 1.69 bits per heavy atom. The Hall–Kier alpha value is -0.210. The summed E-state index contributed by atoms with van der Waals surface area (Å²) in [4.78, 5) is 0. The lowest BCUT2D eigenvalue weighted by Gasteiger charge is -2.02. The molecule has 0 unspecified atom stereocenters. The molecule has 0 rings (SSSR count). The maximum absolute atomic E-state index is 8.74. The summed E-state index contributed by atoms with van der Waals surface area (Å²) in [5.74, 6) is 0.842. The summed E-state index contributed by atoms with van der Waals surface area (Å²) in [7, 11) is -4.67. The molecule has 0 bridgehead atoms. The van der Waals surface area contributed by atoms with E-state index in [-0.39, 0.29) is 6.15 Å². The van der Waals surface area contributed by atoms with Crippen LogP contribution in [0.25, 0.3) is 0 Å². The van der Waals surface area contributed by atoms with Crippen molar-refractivity contribution < 1.29 is 22.6 Å². The van der Waals surface area contributed by atoms with Crippen molar-refractivity contribution in [2.45, 2.75) is 46.0 Å². The molecule has 0 aliphatic carbocycles. The highest BCUT2D eigenvalue weighted by Crippen LogP contribution is 2.08. The third-order valence-corrected chi connectivity index (χ3v) is 1.69. The minimum atomic E-state index is -4.67. The van der Waals surface area contributed by atoms with Crippen LogP contribution in [0.3, 0.4) is 0 Å². The monoisotopic (exact) mass is 259 g/mol. The average molecular weight is 259 g/mol. The van der Waals surface area contributed by atoms with Crippen molar-refractivity contribution in [2.24, 2.45) is 5.92 Å². The minimum Gasteiger partial charge on any atom is -0.396 e. The normalized spacial score (nSPS) is 10.4. The molecule has 0 aromatic carbocycles. The van der Waals surface area contributed by atoms with Crippen LogP contribution >= 0.6 is 0 Å². The van der Waals surface area contributed by atoms with Crippen molar-refractivity contribution in [3.63, 3.8) is 0 Å². The molecule has 0 amide bonds. The Morgan fingerprint density at radius 2 is 1.38 bits per heavy atom. The Labute approximate surface area is 98.2 Å². The maximum Gasteiger partial charge on any atom is 0.394 e. The van der Waals surface area contributed by atoms with Gasteiger partial charge in [-0.2, -0.15) is 8.42 Å². The molecule has 0 fully saturated rings. The first-order valence-electron chi connectivity index (χ1n) is 5.08. The van der Waals surface area contributed by atoms with Gasteiger partial charge in [-0.25, -0.2) is 0 Å². The molecule has 0 saturated carbocycles. The van der Waals surface area contributed by atoms with Gasteiger partial charge in [0.25, 0.3) is 0 Å². The highest BCUT2D eigenvalue weighted by Gasteiger charge is 1.93. The van der Waals surface area contributed by atoms with Crippen molar-refractivity contribution in [3.05, 3.63) is 0 Å². The van der Waals surface area contributed by atoms with Crippen LogP contribution in [0.1, 0.15) is 46.0 Å². The number of rotatable bonds is 6. The van der Waals surface area contributed by atoms with Gasteiger partial charge in [0.2, 0.25) is 0 Å². The molecule has 0 aliphatic rings. The van der Waals surface area contributed by atoms with Gasteiger partial charge in [0, 0.05) is 6.61 Å². The van der Waals surface area contributed by atoms with Crippen molar-refractivity contribution in [2.75, 3.05) is 6.61 Å². The van der Waals surface area contributed by atoms with Gasteiger partial charge in [0.05, 0.1) is 0 Å². The van der Waals surface area contributed by atoms with Crippen molar-refractivity contribution >= 4 is 10.4 Å². The van der Waals surface area contributed by atoms with Crippen LogP contribution in [-0.4, -0.2) is 29.2 Å². The van der Waals surface area contributed by atoms with Gasteiger partial charge in [-0.1, -0.05) is 39.5 Å². The van der Waals surface area contributed by atoms with Crippen LogP contribution < -0.4 is 6.15 Å². The molecule has 0 radical (unpaired) electrons. The van der Waals surface area contributed by atoms with E-state index in [9.17, 15) is 0 Å². The molecule has 102 valence electrons. The Kier molecular flexibility index (Phi) is 17.0. The van der Waals surface area contributed by atoms with Gasteiger partial charge in [-0.3, -0.25) is 9.11 Å². The summed E-state index contributed by atoms with van der Waals surface area (Å²) in [5.41, 5.74) is 0. The second kappa shape index (κ2) is 12.9. The predicted molar refractivity (Wildman–Crippen MR) is 64.2 cm³/mol. The largest absolute Gasteiger partial charge is 0.396 e. The first-order valence-corrected chi connectivity index (χ1v) is 6.47. The van der Waals surface area contributed by atoms with E-state index in [0.29, 0.717) is 6.61 Å². The fraction of sp³-hybridized carbons (Fsp3) is 1.00. The first-order chi connectivity index (χ1) is 6.77. The fourth-order valence-electron chi connectivity index (χ4n) is 1.02. The van der Waals surface area contributed by atoms with E-state index in [1.54, 1.807) is 0 Å². The molecule has 0 atom stereocenters. The third kappa shape index (κ3) is 48.9. The van der Waals surface area contributed by atoms with Gasteiger partial charge in [0.1, 0.15) is 0 Å². The molecule has 0 heterocycles. The average Bonchev–Trinajstić information content (AvgIpc) is 2.00. The van der Waals surface area contributed by atoms with Crippen LogP contribution in [0.5, 0.6) is 0 Å². The molecular formula is C9H25NO5S. The molecule has 6 nitrogen and oxygen atoms in total. The van der Waals surface area contributed by atoms with Crippen LogP contribution in [0.4, 0.5) is 0 Å². The topological polar surface area (TPSA) is 130 Å². The van der Waals surface area contributed by atoms with E-state index in [1.807, 2.05) is 0 Å². The highest BCUT2D eigenvalue weighted by atomic mass is 32.3.